The highest BCUT2D eigenvalue weighted by Gasteiger charge is 2.23. The average molecular weight is 319 g/mol. The fourth-order valence-electron chi connectivity index (χ4n) is 2.46. The quantitative estimate of drug-likeness (QED) is 0.831. The first-order chi connectivity index (χ1) is 9.29. The fraction of sp³-hybridized carbons (Fsp3) is 0.692. The van der Waals surface area contributed by atoms with Gasteiger partial charge < -0.3 is 11.1 Å². The lowest BCUT2D eigenvalue weighted by Crippen LogP contribution is -2.46. The Hall–Kier alpha value is -0.690. The van der Waals surface area contributed by atoms with Crippen LogP contribution >= 0.6 is 23.7 Å². The Morgan fingerprint density at radius 3 is 3.10 bits per heavy atom. The zero-order chi connectivity index (χ0) is 13.5. The molecule has 1 unspecified atom stereocenters. The number of piperidine rings is 1. The molecular weight excluding hydrogens is 296 g/mol. The highest BCUT2D eigenvalue weighted by Crippen LogP contribution is 2.20. The second-order valence-electron chi connectivity index (χ2n) is 4.89. The second kappa shape index (κ2) is 9.28. The predicted molar refractivity (Wildman–Crippen MR) is 84.1 cm³/mol. The number of nitrogens with one attached hydrogen (secondary N) is 1. The molecule has 1 aromatic rings. The summed E-state index contributed by atoms with van der Waals surface area (Å²) in [6.07, 6.45) is 5.89. The van der Waals surface area contributed by atoms with E-state index < -0.39 is 0 Å². The Morgan fingerprint density at radius 2 is 2.40 bits per heavy atom. The van der Waals surface area contributed by atoms with Crippen LogP contribution in [-0.2, 0) is 11.3 Å². The summed E-state index contributed by atoms with van der Waals surface area (Å²) < 4.78 is 0. The van der Waals surface area contributed by atoms with Crippen LogP contribution in [0.25, 0.3) is 0 Å². The Labute approximate surface area is 130 Å². The van der Waals surface area contributed by atoms with Crippen molar-refractivity contribution in [2.75, 3.05) is 19.6 Å². The van der Waals surface area contributed by atoms with Crippen LogP contribution in [0, 0.1) is 0 Å². The van der Waals surface area contributed by atoms with Gasteiger partial charge in [0.15, 0.2) is 0 Å². The standard InChI is InChI=1S/C13H22N4OS.ClH/c14-5-4-12(18)16-9-11-3-1-2-7-17(11)10-13-15-6-8-19-13;/h6,8,11H,1-5,7,9-10,14H2,(H,16,18);1H. The second-order valence-corrected chi connectivity index (χ2v) is 5.87. The Morgan fingerprint density at radius 1 is 1.55 bits per heavy atom. The van der Waals surface area contributed by atoms with E-state index >= 15 is 0 Å². The molecule has 3 N–H and O–H groups in total. The predicted octanol–water partition coefficient (Wildman–Crippen LogP) is 1.38. The molecule has 2 heterocycles. The molecule has 0 bridgehead atoms. The van der Waals surface area contributed by atoms with Crippen molar-refractivity contribution < 1.29 is 4.79 Å². The van der Waals surface area contributed by atoms with Crippen molar-refractivity contribution in [1.29, 1.82) is 0 Å². The minimum atomic E-state index is 0. The summed E-state index contributed by atoms with van der Waals surface area (Å²) in [6.45, 7) is 3.13. The van der Waals surface area contributed by atoms with E-state index in [-0.39, 0.29) is 18.3 Å². The number of nitrogens with two attached hydrogens (primary N) is 1. The number of nitrogens with zero attached hydrogens (tertiary/aromatic N) is 2. The van der Waals surface area contributed by atoms with E-state index in [1.54, 1.807) is 11.3 Å². The summed E-state index contributed by atoms with van der Waals surface area (Å²) in [5.74, 6) is 0.0577. The van der Waals surface area contributed by atoms with E-state index in [0.29, 0.717) is 19.0 Å². The van der Waals surface area contributed by atoms with Crippen molar-refractivity contribution in [3.63, 3.8) is 0 Å². The van der Waals surface area contributed by atoms with Gasteiger partial charge in [-0.05, 0) is 19.4 Å². The molecule has 1 fully saturated rings. The van der Waals surface area contributed by atoms with Crippen molar-refractivity contribution in [1.82, 2.24) is 15.2 Å². The van der Waals surface area contributed by atoms with E-state index in [2.05, 4.69) is 15.2 Å². The Kier molecular flexibility index (Phi) is 8.06. The molecule has 1 amide bonds. The minimum Gasteiger partial charge on any atom is -0.354 e. The molecule has 1 aliphatic rings. The first kappa shape index (κ1) is 17.4. The summed E-state index contributed by atoms with van der Waals surface area (Å²) in [6, 6.07) is 0.430. The van der Waals surface area contributed by atoms with Crippen LogP contribution in [0.3, 0.4) is 0 Å². The molecule has 7 heteroatoms. The molecule has 1 aliphatic heterocycles. The minimum absolute atomic E-state index is 0. The topological polar surface area (TPSA) is 71.2 Å². The highest BCUT2D eigenvalue weighted by molar-refractivity contribution is 7.09. The van der Waals surface area contributed by atoms with Crippen LogP contribution in [-0.4, -0.2) is 41.5 Å². The summed E-state index contributed by atoms with van der Waals surface area (Å²) in [5.41, 5.74) is 5.38. The zero-order valence-electron chi connectivity index (χ0n) is 11.6. The van der Waals surface area contributed by atoms with Gasteiger partial charge in [0.25, 0.3) is 0 Å². The number of carbonyl (C=O) groups is 1. The molecule has 1 atom stereocenters. The maximum Gasteiger partial charge on any atom is 0.221 e. The summed E-state index contributed by atoms with van der Waals surface area (Å²) in [7, 11) is 0. The monoisotopic (exact) mass is 318 g/mol. The first-order valence-corrected chi connectivity index (χ1v) is 7.76. The normalized spacial score (nSPS) is 19.4. The first-order valence-electron chi connectivity index (χ1n) is 6.89. The van der Waals surface area contributed by atoms with Crippen LogP contribution in [0.5, 0.6) is 0 Å². The van der Waals surface area contributed by atoms with Crippen molar-refractivity contribution in [3.05, 3.63) is 16.6 Å². The molecule has 1 saturated heterocycles. The lowest BCUT2D eigenvalue weighted by molar-refractivity contribution is -0.121. The molecule has 0 spiro atoms. The molecule has 0 aliphatic carbocycles. The maximum atomic E-state index is 11.5. The Bertz CT molecular complexity index is 388. The number of halogens is 1. The molecular formula is C13H23ClN4OS. The molecule has 5 nitrogen and oxygen atoms in total. The van der Waals surface area contributed by atoms with Crippen LogP contribution in [0.4, 0.5) is 0 Å². The lowest BCUT2D eigenvalue weighted by atomic mass is 10.0. The summed E-state index contributed by atoms with van der Waals surface area (Å²) in [5, 5.41) is 6.15. The van der Waals surface area contributed by atoms with Crippen molar-refractivity contribution in [2.45, 2.75) is 38.3 Å². The van der Waals surface area contributed by atoms with Crippen molar-refractivity contribution in [2.24, 2.45) is 5.73 Å². The molecule has 114 valence electrons. The van der Waals surface area contributed by atoms with Crippen LogP contribution in [0.15, 0.2) is 11.6 Å². The molecule has 20 heavy (non-hydrogen) atoms. The van der Waals surface area contributed by atoms with E-state index in [4.69, 9.17) is 5.73 Å². The number of hydrogen-bond acceptors (Lipinski definition) is 5. The third kappa shape index (κ3) is 5.36. The zero-order valence-corrected chi connectivity index (χ0v) is 13.2. The molecule has 0 saturated carbocycles. The van der Waals surface area contributed by atoms with Gasteiger partial charge in [-0.2, -0.15) is 0 Å². The van der Waals surface area contributed by atoms with E-state index in [1.807, 2.05) is 11.6 Å². The van der Waals surface area contributed by atoms with Gasteiger partial charge in [0, 0.05) is 37.1 Å². The lowest BCUT2D eigenvalue weighted by Gasteiger charge is -2.35. The van der Waals surface area contributed by atoms with Gasteiger partial charge in [0.1, 0.15) is 5.01 Å². The number of carbonyl (C=O) groups excluding carboxylic acids is 1. The van der Waals surface area contributed by atoms with Gasteiger partial charge in [0.2, 0.25) is 5.91 Å². The van der Waals surface area contributed by atoms with Crippen LogP contribution in [0.2, 0.25) is 0 Å². The Balaban J connectivity index is 0.00000200. The van der Waals surface area contributed by atoms with Crippen molar-refractivity contribution in [3.8, 4) is 0 Å². The third-order valence-corrected chi connectivity index (χ3v) is 4.24. The van der Waals surface area contributed by atoms with Gasteiger partial charge >= 0.3 is 0 Å². The molecule has 0 radical (unpaired) electrons. The summed E-state index contributed by atoms with van der Waals surface area (Å²) >= 11 is 1.69. The van der Waals surface area contributed by atoms with Gasteiger partial charge in [-0.25, -0.2) is 4.98 Å². The van der Waals surface area contributed by atoms with Gasteiger partial charge in [-0.3, -0.25) is 9.69 Å². The fourth-order valence-corrected chi connectivity index (χ4v) is 3.10. The molecule has 1 aromatic heterocycles. The number of likely N-dealkylation sites (tertiary alicyclic amines) is 1. The molecule has 2 rings (SSSR count). The number of rotatable bonds is 6. The molecule has 0 aromatic carbocycles. The number of thiazole rings is 1. The third-order valence-electron chi connectivity index (χ3n) is 3.48. The average Bonchev–Trinajstić information content (AvgIpc) is 2.91. The van der Waals surface area contributed by atoms with Gasteiger partial charge in [-0.15, -0.1) is 23.7 Å². The van der Waals surface area contributed by atoms with Gasteiger partial charge in [-0.1, -0.05) is 6.42 Å². The number of hydrogen-bond donors (Lipinski definition) is 2. The number of amides is 1. The highest BCUT2D eigenvalue weighted by atomic mass is 35.5. The van der Waals surface area contributed by atoms with Crippen LogP contribution < -0.4 is 11.1 Å². The van der Waals surface area contributed by atoms with Crippen molar-refractivity contribution >= 4 is 29.7 Å². The van der Waals surface area contributed by atoms with E-state index in [1.165, 1.54) is 12.8 Å². The maximum absolute atomic E-state index is 11.5. The largest absolute Gasteiger partial charge is 0.354 e. The van der Waals surface area contributed by atoms with Crippen LogP contribution in [0.1, 0.15) is 30.7 Å². The van der Waals surface area contributed by atoms with E-state index in [0.717, 1.165) is 31.1 Å². The summed E-state index contributed by atoms with van der Waals surface area (Å²) in [4.78, 5) is 18.3. The smallest absolute Gasteiger partial charge is 0.221 e. The SMILES string of the molecule is Cl.NCCC(=O)NCC1CCCCN1Cc1nccs1. The van der Waals surface area contributed by atoms with E-state index in [9.17, 15) is 4.79 Å². The van der Waals surface area contributed by atoms with Gasteiger partial charge in [0.05, 0.1) is 6.54 Å². The number of aromatic nitrogens is 1.